The van der Waals surface area contributed by atoms with E-state index in [1.54, 1.807) is 7.11 Å². The fourth-order valence-electron chi connectivity index (χ4n) is 1.75. The topological polar surface area (TPSA) is 72.3 Å². The summed E-state index contributed by atoms with van der Waals surface area (Å²) < 4.78 is 5.78. The average Bonchev–Trinajstić information content (AvgIpc) is 2.19. The molecule has 0 spiro atoms. The number of carboxylic acids is 1. The number of ether oxygens (including phenoxy) is 1. The van der Waals surface area contributed by atoms with E-state index in [-0.39, 0.29) is 5.69 Å². The van der Waals surface area contributed by atoms with Gasteiger partial charge in [-0.3, -0.25) is 0 Å². The first-order valence-corrected chi connectivity index (χ1v) is 5.70. The number of rotatable bonds is 3. The molecule has 0 aliphatic heterocycles. The summed E-state index contributed by atoms with van der Waals surface area (Å²) in [5.74, 6) is -0.608. The number of aromatic nitrogens is 2. The van der Waals surface area contributed by atoms with Crippen LogP contribution in [0.3, 0.4) is 0 Å². The second kappa shape index (κ2) is 4.10. The van der Waals surface area contributed by atoms with E-state index in [1.807, 2.05) is 0 Å². The van der Waals surface area contributed by atoms with Crippen LogP contribution in [0.25, 0.3) is 0 Å². The van der Waals surface area contributed by atoms with E-state index in [9.17, 15) is 4.79 Å². The molecular formula is C10H11BrN2O3. The molecular weight excluding hydrogens is 276 g/mol. The van der Waals surface area contributed by atoms with Gasteiger partial charge >= 0.3 is 5.97 Å². The molecule has 0 atom stereocenters. The molecule has 5 nitrogen and oxygen atoms in total. The van der Waals surface area contributed by atoms with E-state index in [4.69, 9.17) is 9.84 Å². The summed E-state index contributed by atoms with van der Waals surface area (Å²) in [6, 6.07) is 0. The normalized spacial score (nSPS) is 17.9. The highest BCUT2D eigenvalue weighted by molar-refractivity contribution is 9.10. The number of halogens is 1. The summed E-state index contributed by atoms with van der Waals surface area (Å²) in [7, 11) is 1.60. The quantitative estimate of drug-likeness (QED) is 0.920. The maximum atomic E-state index is 10.9. The van der Waals surface area contributed by atoms with Crippen molar-refractivity contribution >= 4 is 21.9 Å². The van der Waals surface area contributed by atoms with Gasteiger partial charge in [-0.25, -0.2) is 14.8 Å². The number of hydrogen-bond donors (Lipinski definition) is 1. The molecule has 1 aromatic heterocycles. The Labute approximate surface area is 101 Å². The molecule has 1 N–H and O–H groups in total. The van der Waals surface area contributed by atoms with Crippen LogP contribution in [0.4, 0.5) is 0 Å². The second-order valence-electron chi connectivity index (χ2n) is 3.75. The summed E-state index contributed by atoms with van der Waals surface area (Å²) in [5, 5.41) is 8.96. The van der Waals surface area contributed by atoms with Crippen LogP contribution in [0.1, 0.15) is 35.6 Å². The standard InChI is InChI=1S/C10H11BrN2O3/c1-16-10(3-2-4-10)9-12-5-6(11)7(13-9)8(14)15/h5H,2-4H2,1H3,(H,14,15). The molecule has 0 amide bonds. The van der Waals surface area contributed by atoms with Gasteiger partial charge in [0.05, 0.1) is 4.47 Å². The second-order valence-corrected chi connectivity index (χ2v) is 4.60. The lowest BCUT2D eigenvalue weighted by molar-refractivity contribution is -0.0847. The van der Waals surface area contributed by atoms with Crippen LogP contribution >= 0.6 is 15.9 Å². The van der Waals surface area contributed by atoms with Gasteiger partial charge in [0.15, 0.2) is 11.5 Å². The lowest BCUT2D eigenvalue weighted by Crippen LogP contribution is -2.38. The molecule has 16 heavy (non-hydrogen) atoms. The van der Waals surface area contributed by atoms with Crippen molar-refractivity contribution in [1.29, 1.82) is 0 Å². The van der Waals surface area contributed by atoms with Crippen LogP contribution in [0, 0.1) is 0 Å². The maximum absolute atomic E-state index is 10.9. The van der Waals surface area contributed by atoms with Gasteiger partial charge in [0, 0.05) is 13.3 Å². The Hall–Kier alpha value is -1.01. The molecule has 0 bridgehead atoms. The van der Waals surface area contributed by atoms with Crippen LogP contribution in [0.15, 0.2) is 10.7 Å². The van der Waals surface area contributed by atoms with Gasteiger partial charge in [-0.05, 0) is 35.2 Å². The molecule has 0 saturated heterocycles. The molecule has 1 aliphatic rings. The van der Waals surface area contributed by atoms with Crippen molar-refractivity contribution in [3.63, 3.8) is 0 Å². The molecule has 6 heteroatoms. The van der Waals surface area contributed by atoms with Gasteiger partial charge in [0.25, 0.3) is 0 Å². The third-order valence-electron chi connectivity index (χ3n) is 2.91. The Kier molecular flexibility index (Phi) is 2.94. The minimum absolute atomic E-state index is 0.0201. The highest BCUT2D eigenvalue weighted by Gasteiger charge is 2.42. The van der Waals surface area contributed by atoms with Crippen LogP contribution in [-0.4, -0.2) is 28.2 Å². The predicted molar refractivity (Wildman–Crippen MR) is 59.2 cm³/mol. The number of aromatic carboxylic acids is 1. The molecule has 1 aliphatic carbocycles. The fourth-order valence-corrected chi connectivity index (χ4v) is 2.11. The number of carbonyl (C=O) groups is 1. The summed E-state index contributed by atoms with van der Waals surface area (Å²) in [6.45, 7) is 0. The molecule has 2 rings (SSSR count). The first-order chi connectivity index (χ1) is 7.59. The van der Waals surface area contributed by atoms with Crippen LogP contribution in [0.5, 0.6) is 0 Å². The summed E-state index contributed by atoms with van der Waals surface area (Å²) in [6.07, 6.45) is 4.19. The average molecular weight is 287 g/mol. The third kappa shape index (κ3) is 1.72. The van der Waals surface area contributed by atoms with Crippen LogP contribution in [0.2, 0.25) is 0 Å². The Morgan fingerprint density at radius 3 is 2.75 bits per heavy atom. The van der Waals surface area contributed by atoms with E-state index in [0.717, 1.165) is 19.3 Å². The molecule has 1 fully saturated rings. The first kappa shape index (κ1) is 11.5. The van der Waals surface area contributed by atoms with E-state index >= 15 is 0 Å². The number of nitrogens with zero attached hydrogens (tertiary/aromatic N) is 2. The van der Waals surface area contributed by atoms with E-state index in [0.29, 0.717) is 10.3 Å². The Morgan fingerprint density at radius 1 is 1.62 bits per heavy atom. The van der Waals surface area contributed by atoms with Gasteiger partial charge in [0.1, 0.15) is 5.60 Å². The largest absolute Gasteiger partial charge is 0.476 e. The van der Waals surface area contributed by atoms with Crippen molar-refractivity contribution in [2.24, 2.45) is 0 Å². The molecule has 1 saturated carbocycles. The minimum Gasteiger partial charge on any atom is -0.476 e. The predicted octanol–water partition coefficient (Wildman–Crippen LogP) is 1.96. The SMILES string of the molecule is COC1(c2ncc(Br)c(C(=O)O)n2)CCC1. The van der Waals surface area contributed by atoms with E-state index < -0.39 is 11.6 Å². The third-order valence-corrected chi connectivity index (χ3v) is 3.49. The molecule has 0 unspecified atom stereocenters. The highest BCUT2D eigenvalue weighted by Crippen LogP contribution is 2.42. The lowest BCUT2D eigenvalue weighted by Gasteiger charge is -2.38. The van der Waals surface area contributed by atoms with Gasteiger partial charge in [-0.2, -0.15) is 0 Å². The van der Waals surface area contributed by atoms with Gasteiger partial charge in [-0.15, -0.1) is 0 Å². The molecule has 0 radical (unpaired) electrons. The van der Waals surface area contributed by atoms with Crippen molar-refractivity contribution in [3.8, 4) is 0 Å². The number of carboxylic acid groups (broad SMARTS) is 1. The monoisotopic (exact) mass is 286 g/mol. The Bertz CT molecular complexity index is 427. The summed E-state index contributed by atoms with van der Waals surface area (Å²) >= 11 is 3.11. The highest BCUT2D eigenvalue weighted by atomic mass is 79.9. The zero-order valence-electron chi connectivity index (χ0n) is 8.73. The van der Waals surface area contributed by atoms with Crippen molar-refractivity contribution in [2.75, 3.05) is 7.11 Å². The zero-order valence-corrected chi connectivity index (χ0v) is 10.3. The van der Waals surface area contributed by atoms with Crippen molar-refractivity contribution < 1.29 is 14.6 Å². The van der Waals surface area contributed by atoms with Gasteiger partial charge < -0.3 is 9.84 Å². The Balaban J connectivity index is 2.43. The number of hydrogen-bond acceptors (Lipinski definition) is 4. The van der Waals surface area contributed by atoms with Crippen molar-refractivity contribution in [2.45, 2.75) is 24.9 Å². The van der Waals surface area contributed by atoms with E-state index in [1.165, 1.54) is 6.20 Å². The molecule has 86 valence electrons. The van der Waals surface area contributed by atoms with Crippen molar-refractivity contribution in [3.05, 3.63) is 22.2 Å². The first-order valence-electron chi connectivity index (χ1n) is 4.90. The van der Waals surface area contributed by atoms with Gasteiger partial charge in [0.2, 0.25) is 0 Å². The maximum Gasteiger partial charge on any atom is 0.355 e. The van der Waals surface area contributed by atoms with Crippen molar-refractivity contribution in [1.82, 2.24) is 9.97 Å². The summed E-state index contributed by atoms with van der Waals surface area (Å²) in [5.41, 5.74) is -0.501. The minimum atomic E-state index is -1.07. The van der Waals surface area contributed by atoms with Crippen LogP contribution < -0.4 is 0 Å². The smallest absolute Gasteiger partial charge is 0.355 e. The lowest BCUT2D eigenvalue weighted by atomic mass is 9.79. The zero-order chi connectivity index (χ0) is 11.8. The summed E-state index contributed by atoms with van der Waals surface area (Å²) in [4.78, 5) is 19.1. The molecule has 0 aromatic carbocycles. The van der Waals surface area contributed by atoms with E-state index in [2.05, 4.69) is 25.9 Å². The van der Waals surface area contributed by atoms with Gasteiger partial charge in [-0.1, -0.05) is 0 Å². The van der Waals surface area contributed by atoms with Crippen LogP contribution in [-0.2, 0) is 10.3 Å². The molecule has 1 aromatic rings. The molecule has 1 heterocycles. The number of methoxy groups -OCH3 is 1. The Morgan fingerprint density at radius 2 is 2.31 bits per heavy atom. The fraction of sp³-hybridized carbons (Fsp3) is 0.500.